The molecule has 4 nitrogen and oxygen atoms in total. The van der Waals surface area contributed by atoms with Crippen molar-refractivity contribution in [3.05, 3.63) is 94.6 Å². The van der Waals surface area contributed by atoms with Gasteiger partial charge in [0.15, 0.2) is 6.10 Å². The summed E-state index contributed by atoms with van der Waals surface area (Å²) in [6, 6.07) is 18.5. The van der Waals surface area contributed by atoms with Crippen LogP contribution in [-0.4, -0.2) is 11.0 Å². The molecule has 0 saturated carbocycles. The van der Waals surface area contributed by atoms with Gasteiger partial charge in [-0.1, -0.05) is 66.7 Å². The molecule has 0 spiro atoms. The quantitative estimate of drug-likeness (QED) is 0.479. The molecule has 1 aliphatic heterocycles. The third-order valence-corrected chi connectivity index (χ3v) is 4.39. The average molecular weight is 309 g/mol. The fraction of sp³-hybridized carbons (Fsp3) is 0.263. The zero-order valence-electron chi connectivity index (χ0n) is 12.7. The second-order valence-electron chi connectivity index (χ2n) is 5.78. The molecule has 1 heterocycles. The van der Waals surface area contributed by atoms with Crippen LogP contribution in [0.5, 0.6) is 0 Å². The van der Waals surface area contributed by atoms with Gasteiger partial charge in [0.05, 0.1) is 12.0 Å². The van der Waals surface area contributed by atoms with E-state index in [1.165, 1.54) is 0 Å². The third kappa shape index (κ3) is 3.17. The molecule has 4 heteroatoms. The topological polar surface area (TPSA) is 52.4 Å². The lowest BCUT2D eigenvalue weighted by molar-refractivity contribution is -0.551. The molecular formula is C19H19NO3. The van der Waals surface area contributed by atoms with Gasteiger partial charge in [0.25, 0.3) is 0 Å². The lowest BCUT2D eigenvalue weighted by Crippen LogP contribution is -2.41. The largest absolute Gasteiger partial charge is 0.358 e. The minimum Gasteiger partial charge on any atom is -0.358 e. The standard InChI is InChI=1S/C19H19NO3/c1-2-14-13-17(15-9-5-3-6-10-15)23-19(18(14)20(21)22)16-11-7-4-8-12-16/h2-12,14,17-19H,1,13H2/t14-,17-,18+,19-/m0/s1. The van der Waals surface area contributed by atoms with Crippen molar-refractivity contribution in [2.24, 2.45) is 5.92 Å². The lowest BCUT2D eigenvalue weighted by Gasteiger charge is -2.36. The molecule has 0 aromatic heterocycles. The van der Waals surface area contributed by atoms with Crippen molar-refractivity contribution in [1.82, 2.24) is 0 Å². The van der Waals surface area contributed by atoms with Crippen LogP contribution in [0.25, 0.3) is 0 Å². The maximum atomic E-state index is 11.6. The summed E-state index contributed by atoms with van der Waals surface area (Å²) in [5.41, 5.74) is 1.88. The van der Waals surface area contributed by atoms with Crippen LogP contribution in [0.1, 0.15) is 29.8 Å². The Bertz CT molecular complexity index is 672. The molecule has 23 heavy (non-hydrogen) atoms. The second-order valence-corrected chi connectivity index (χ2v) is 5.78. The number of nitrogens with zero attached hydrogens (tertiary/aromatic N) is 1. The van der Waals surface area contributed by atoms with Gasteiger partial charge in [-0.05, 0) is 17.5 Å². The van der Waals surface area contributed by atoms with Gasteiger partial charge in [0.2, 0.25) is 6.04 Å². The molecule has 3 rings (SSSR count). The first-order valence-electron chi connectivity index (χ1n) is 7.72. The van der Waals surface area contributed by atoms with Crippen molar-refractivity contribution in [2.45, 2.75) is 24.7 Å². The fourth-order valence-corrected chi connectivity index (χ4v) is 3.23. The second kappa shape index (κ2) is 6.75. The van der Waals surface area contributed by atoms with E-state index in [0.29, 0.717) is 6.42 Å². The molecule has 2 aromatic rings. The minimum atomic E-state index is -0.810. The highest BCUT2D eigenvalue weighted by molar-refractivity contribution is 5.23. The molecule has 0 radical (unpaired) electrons. The molecule has 0 N–H and O–H groups in total. The predicted molar refractivity (Wildman–Crippen MR) is 88.5 cm³/mol. The number of ether oxygens (including phenoxy) is 1. The molecule has 0 bridgehead atoms. The third-order valence-electron chi connectivity index (χ3n) is 4.39. The van der Waals surface area contributed by atoms with Gasteiger partial charge in [-0.25, -0.2) is 0 Å². The van der Waals surface area contributed by atoms with Gasteiger partial charge in [0, 0.05) is 4.92 Å². The van der Waals surface area contributed by atoms with Crippen LogP contribution < -0.4 is 0 Å². The van der Waals surface area contributed by atoms with Crippen molar-refractivity contribution in [2.75, 3.05) is 0 Å². The first-order chi connectivity index (χ1) is 11.2. The predicted octanol–water partition coefficient (Wildman–Crippen LogP) is 4.34. The first kappa shape index (κ1) is 15.4. The Morgan fingerprint density at radius 2 is 1.61 bits per heavy atom. The average Bonchev–Trinajstić information content (AvgIpc) is 2.62. The Morgan fingerprint density at radius 1 is 1.04 bits per heavy atom. The van der Waals surface area contributed by atoms with Crippen molar-refractivity contribution < 1.29 is 9.66 Å². The zero-order chi connectivity index (χ0) is 16.2. The lowest BCUT2D eigenvalue weighted by atomic mass is 9.82. The van der Waals surface area contributed by atoms with E-state index >= 15 is 0 Å². The Morgan fingerprint density at radius 3 is 2.13 bits per heavy atom. The van der Waals surface area contributed by atoms with E-state index in [1.807, 2.05) is 60.7 Å². The van der Waals surface area contributed by atoms with Crippen molar-refractivity contribution in [3.63, 3.8) is 0 Å². The maximum absolute atomic E-state index is 11.6. The summed E-state index contributed by atoms with van der Waals surface area (Å²) in [6.45, 7) is 3.81. The molecule has 0 aliphatic carbocycles. The van der Waals surface area contributed by atoms with Gasteiger partial charge in [-0.3, -0.25) is 10.1 Å². The Balaban J connectivity index is 1.98. The van der Waals surface area contributed by atoms with E-state index in [1.54, 1.807) is 6.08 Å². The van der Waals surface area contributed by atoms with Crippen LogP contribution in [0.2, 0.25) is 0 Å². The highest BCUT2D eigenvalue weighted by atomic mass is 16.6. The Labute approximate surface area is 135 Å². The fourth-order valence-electron chi connectivity index (χ4n) is 3.23. The van der Waals surface area contributed by atoms with Crippen LogP contribution in [0.15, 0.2) is 73.3 Å². The van der Waals surface area contributed by atoms with Gasteiger partial charge >= 0.3 is 0 Å². The number of benzene rings is 2. The first-order valence-corrected chi connectivity index (χ1v) is 7.72. The summed E-state index contributed by atoms with van der Waals surface area (Å²) >= 11 is 0. The highest BCUT2D eigenvalue weighted by Gasteiger charge is 2.46. The van der Waals surface area contributed by atoms with Gasteiger partial charge in [-0.15, -0.1) is 6.58 Å². The molecule has 118 valence electrons. The number of rotatable bonds is 4. The van der Waals surface area contributed by atoms with E-state index in [9.17, 15) is 10.1 Å². The highest BCUT2D eigenvalue weighted by Crippen LogP contribution is 2.43. The van der Waals surface area contributed by atoms with E-state index in [2.05, 4.69) is 6.58 Å². The summed E-state index contributed by atoms with van der Waals surface area (Å²) in [6.07, 6.45) is 1.53. The minimum absolute atomic E-state index is 0.166. The molecule has 4 atom stereocenters. The summed E-state index contributed by atoms with van der Waals surface area (Å²) in [7, 11) is 0. The Kier molecular flexibility index (Phi) is 4.53. The molecule has 2 aromatic carbocycles. The summed E-state index contributed by atoms with van der Waals surface area (Å²) in [4.78, 5) is 11.4. The normalized spacial score (nSPS) is 27.3. The number of nitro groups is 1. The van der Waals surface area contributed by atoms with Crippen molar-refractivity contribution in [3.8, 4) is 0 Å². The van der Waals surface area contributed by atoms with Gasteiger partial charge in [-0.2, -0.15) is 0 Å². The van der Waals surface area contributed by atoms with Crippen molar-refractivity contribution >= 4 is 0 Å². The zero-order valence-corrected chi connectivity index (χ0v) is 12.7. The Hall–Kier alpha value is -2.46. The summed E-state index contributed by atoms with van der Waals surface area (Å²) in [5, 5.41) is 11.6. The van der Waals surface area contributed by atoms with E-state index in [-0.39, 0.29) is 16.9 Å². The number of hydrogen-bond donors (Lipinski definition) is 0. The van der Waals surface area contributed by atoms with Crippen LogP contribution in [0.4, 0.5) is 0 Å². The molecule has 1 aliphatic rings. The van der Waals surface area contributed by atoms with Crippen LogP contribution in [0, 0.1) is 16.0 Å². The summed E-state index contributed by atoms with van der Waals surface area (Å²) in [5.74, 6) is -0.228. The SMILES string of the molecule is C=C[C@H]1C[C@@H](c2ccccc2)O[C@@H](c2ccccc2)[C@@H]1[N+](=O)[O-]. The molecule has 1 fully saturated rings. The molecule has 1 saturated heterocycles. The molecule has 0 amide bonds. The van der Waals surface area contributed by atoms with Gasteiger partial charge in [0.1, 0.15) is 0 Å². The van der Waals surface area contributed by atoms with Crippen LogP contribution in [-0.2, 0) is 4.74 Å². The van der Waals surface area contributed by atoms with E-state index in [0.717, 1.165) is 11.1 Å². The van der Waals surface area contributed by atoms with Crippen LogP contribution >= 0.6 is 0 Å². The van der Waals surface area contributed by atoms with Crippen molar-refractivity contribution in [1.29, 1.82) is 0 Å². The van der Waals surface area contributed by atoms with E-state index < -0.39 is 12.1 Å². The molecular weight excluding hydrogens is 290 g/mol. The van der Waals surface area contributed by atoms with Crippen LogP contribution in [0.3, 0.4) is 0 Å². The monoisotopic (exact) mass is 309 g/mol. The number of hydrogen-bond acceptors (Lipinski definition) is 3. The smallest absolute Gasteiger partial charge is 0.249 e. The van der Waals surface area contributed by atoms with Gasteiger partial charge < -0.3 is 4.74 Å². The summed E-state index contributed by atoms with van der Waals surface area (Å²) < 4.78 is 6.18. The molecule has 0 unspecified atom stereocenters. The maximum Gasteiger partial charge on any atom is 0.249 e. The van der Waals surface area contributed by atoms with E-state index in [4.69, 9.17) is 4.74 Å².